The van der Waals surface area contributed by atoms with Gasteiger partial charge in [-0.05, 0) is 42.9 Å². The van der Waals surface area contributed by atoms with Crippen molar-refractivity contribution in [3.8, 4) is 6.07 Å². The molecule has 0 radical (unpaired) electrons. The van der Waals surface area contributed by atoms with Crippen molar-refractivity contribution in [3.63, 3.8) is 0 Å². The van der Waals surface area contributed by atoms with E-state index in [1.807, 2.05) is 30.3 Å². The third kappa shape index (κ3) is 4.07. The van der Waals surface area contributed by atoms with Crippen LogP contribution in [0.5, 0.6) is 0 Å². The molecule has 1 fully saturated rings. The lowest BCUT2D eigenvalue weighted by atomic mass is 9.87. The number of benzene rings is 2. The molecule has 4 nitrogen and oxygen atoms in total. The van der Waals surface area contributed by atoms with E-state index in [4.69, 9.17) is 5.26 Å². The first kappa shape index (κ1) is 17.2. The number of aliphatic hydroxyl groups is 1. The van der Waals surface area contributed by atoms with Crippen molar-refractivity contribution in [1.29, 1.82) is 5.26 Å². The molecule has 1 amide bonds. The molecule has 1 heterocycles. The topological polar surface area (TPSA) is 64.3 Å². The predicted molar refractivity (Wildman–Crippen MR) is 95.9 cm³/mol. The zero-order chi connectivity index (χ0) is 17.6. The van der Waals surface area contributed by atoms with E-state index in [9.17, 15) is 9.90 Å². The van der Waals surface area contributed by atoms with Crippen LogP contribution in [-0.2, 0) is 6.42 Å². The fraction of sp³-hybridized carbons (Fsp3) is 0.333. The molecule has 4 heteroatoms. The van der Waals surface area contributed by atoms with E-state index in [1.54, 1.807) is 29.2 Å². The molecule has 1 N–H and O–H groups in total. The molecule has 0 spiro atoms. The third-order valence-corrected chi connectivity index (χ3v) is 4.94. The number of carbonyl (C=O) groups excluding carboxylic acids is 1. The number of likely N-dealkylation sites (tertiary alicyclic amines) is 1. The van der Waals surface area contributed by atoms with Crippen molar-refractivity contribution >= 4 is 5.91 Å². The van der Waals surface area contributed by atoms with Crippen LogP contribution < -0.4 is 0 Å². The Morgan fingerprint density at radius 3 is 2.44 bits per heavy atom. The summed E-state index contributed by atoms with van der Waals surface area (Å²) in [5.41, 5.74) is 2.02. The van der Waals surface area contributed by atoms with Crippen molar-refractivity contribution in [2.75, 3.05) is 13.1 Å². The van der Waals surface area contributed by atoms with Crippen molar-refractivity contribution in [3.05, 3.63) is 71.3 Å². The Kier molecular flexibility index (Phi) is 5.47. The van der Waals surface area contributed by atoms with E-state index in [0.29, 0.717) is 30.6 Å². The molecular weight excluding hydrogens is 312 g/mol. The Morgan fingerprint density at radius 2 is 1.76 bits per heavy atom. The average Bonchev–Trinajstić information content (AvgIpc) is 2.68. The van der Waals surface area contributed by atoms with Crippen LogP contribution >= 0.6 is 0 Å². The van der Waals surface area contributed by atoms with Gasteiger partial charge in [-0.15, -0.1) is 0 Å². The molecule has 128 valence electrons. The van der Waals surface area contributed by atoms with E-state index in [2.05, 4.69) is 6.07 Å². The van der Waals surface area contributed by atoms with Crippen LogP contribution in [0.1, 0.15) is 34.3 Å². The van der Waals surface area contributed by atoms with Crippen LogP contribution in [0.2, 0.25) is 0 Å². The smallest absolute Gasteiger partial charge is 0.255 e. The molecule has 0 aliphatic carbocycles. The van der Waals surface area contributed by atoms with Gasteiger partial charge >= 0.3 is 0 Å². The first-order chi connectivity index (χ1) is 12.2. The van der Waals surface area contributed by atoms with Gasteiger partial charge in [-0.3, -0.25) is 4.79 Å². The highest BCUT2D eigenvalue weighted by Crippen LogP contribution is 2.24. The highest BCUT2D eigenvalue weighted by atomic mass is 16.3. The van der Waals surface area contributed by atoms with E-state index in [0.717, 1.165) is 18.4 Å². The molecule has 0 aromatic heterocycles. The number of nitrogens with zero attached hydrogens (tertiary/aromatic N) is 2. The van der Waals surface area contributed by atoms with Gasteiger partial charge in [0, 0.05) is 13.1 Å². The molecule has 1 aliphatic rings. The Balaban J connectivity index is 1.58. The Bertz CT molecular complexity index is 759. The molecular formula is C21H22N2O2. The highest BCUT2D eigenvalue weighted by Gasteiger charge is 2.28. The van der Waals surface area contributed by atoms with Crippen LogP contribution in [0.15, 0.2) is 54.6 Å². The van der Waals surface area contributed by atoms with Crippen LogP contribution in [0.3, 0.4) is 0 Å². The van der Waals surface area contributed by atoms with Crippen LogP contribution in [0.4, 0.5) is 0 Å². The van der Waals surface area contributed by atoms with E-state index < -0.39 is 0 Å². The number of piperidine rings is 1. The molecule has 1 aliphatic heterocycles. The largest absolute Gasteiger partial charge is 0.392 e. The SMILES string of the molecule is N#Cc1ccccc1C(=O)N1CCC([C@H](O)Cc2ccccc2)CC1. The summed E-state index contributed by atoms with van der Waals surface area (Å²) >= 11 is 0. The van der Waals surface area contributed by atoms with Gasteiger partial charge in [0.2, 0.25) is 0 Å². The van der Waals surface area contributed by atoms with Crippen LogP contribution in [0.25, 0.3) is 0 Å². The maximum Gasteiger partial charge on any atom is 0.255 e. The summed E-state index contributed by atoms with van der Waals surface area (Å²) in [7, 11) is 0. The second kappa shape index (κ2) is 7.96. The fourth-order valence-electron chi connectivity index (χ4n) is 3.45. The molecule has 0 unspecified atom stereocenters. The summed E-state index contributed by atoms with van der Waals surface area (Å²) in [4.78, 5) is 14.5. The lowest BCUT2D eigenvalue weighted by molar-refractivity contribution is 0.0467. The number of hydrogen-bond acceptors (Lipinski definition) is 3. The number of hydrogen-bond donors (Lipinski definition) is 1. The minimum absolute atomic E-state index is 0.0897. The molecule has 1 atom stereocenters. The molecule has 0 bridgehead atoms. The third-order valence-electron chi connectivity index (χ3n) is 4.94. The van der Waals surface area contributed by atoms with Crippen molar-refractivity contribution in [2.24, 2.45) is 5.92 Å². The number of amides is 1. The lowest BCUT2D eigenvalue weighted by Gasteiger charge is -2.34. The van der Waals surface area contributed by atoms with Gasteiger partial charge < -0.3 is 10.0 Å². The van der Waals surface area contributed by atoms with Crippen molar-refractivity contribution in [1.82, 2.24) is 4.90 Å². The average molecular weight is 334 g/mol. The maximum atomic E-state index is 12.7. The highest BCUT2D eigenvalue weighted by molar-refractivity contribution is 5.96. The van der Waals surface area contributed by atoms with Gasteiger partial charge in [0.05, 0.1) is 23.3 Å². The zero-order valence-electron chi connectivity index (χ0n) is 14.1. The number of nitriles is 1. The van der Waals surface area contributed by atoms with Crippen molar-refractivity contribution in [2.45, 2.75) is 25.4 Å². The number of aliphatic hydroxyl groups excluding tert-OH is 1. The Morgan fingerprint density at radius 1 is 1.12 bits per heavy atom. The van der Waals surface area contributed by atoms with Crippen LogP contribution in [0, 0.1) is 17.2 Å². The second-order valence-electron chi connectivity index (χ2n) is 6.54. The monoisotopic (exact) mass is 334 g/mol. The summed E-state index contributed by atoms with van der Waals surface area (Å²) in [6, 6.07) is 19.0. The first-order valence-electron chi connectivity index (χ1n) is 8.69. The maximum absolute atomic E-state index is 12.7. The van der Waals surface area contributed by atoms with Gasteiger partial charge in [-0.25, -0.2) is 0 Å². The molecule has 25 heavy (non-hydrogen) atoms. The van der Waals surface area contributed by atoms with Gasteiger partial charge in [0.1, 0.15) is 0 Å². The quantitative estimate of drug-likeness (QED) is 0.935. The normalized spacial score (nSPS) is 16.2. The minimum atomic E-state index is -0.383. The van der Waals surface area contributed by atoms with Gasteiger partial charge in [-0.2, -0.15) is 5.26 Å². The Labute approximate surface area is 148 Å². The Hall–Kier alpha value is -2.64. The van der Waals surface area contributed by atoms with Gasteiger partial charge in [-0.1, -0.05) is 42.5 Å². The fourth-order valence-corrected chi connectivity index (χ4v) is 3.45. The summed E-state index contributed by atoms with van der Waals surface area (Å²) in [5.74, 6) is 0.114. The van der Waals surface area contributed by atoms with Crippen LogP contribution in [-0.4, -0.2) is 35.1 Å². The summed E-state index contributed by atoms with van der Waals surface area (Å²) in [6.45, 7) is 1.24. The number of carbonyl (C=O) groups is 1. The second-order valence-corrected chi connectivity index (χ2v) is 6.54. The van der Waals surface area contributed by atoms with Gasteiger partial charge in [0.25, 0.3) is 5.91 Å². The van der Waals surface area contributed by atoms with E-state index in [1.165, 1.54) is 0 Å². The van der Waals surface area contributed by atoms with E-state index in [-0.39, 0.29) is 17.9 Å². The van der Waals surface area contributed by atoms with Crippen molar-refractivity contribution < 1.29 is 9.90 Å². The molecule has 0 saturated carbocycles. The molecule has 2 aromatic rings. The predicted octanol–water partition coefficient (Wildman–Crippen LogP) is 3.01. The lowest BCUT2D eigenvalue weighted by Crippen LogP contribution is -2.41. The summed E-state index contributed by atoms with van der Waals surface area (Å²) < 4.78 is 0. The summed E-state index contributed by atoms with van der Waals surface area (Å²) in [5, 5.41) is 19.7. The molecule has 3 rings (SSSR count). The molecule has 2 aromatic carbocycles. The van der Waals surface area contributed by atoms with E-state index >= 15 is 0 Å². The summed E-state index contributed by atoms with van der Waals surface area (Å²) in [6.07, 6.45) is 1.84. The minimum Gasteiger partial charge on any atom is -0.392 e. The first-order valence-corrected chi connectivity index (χ1v) is 8.69. The molecule has 1 saturated heterocycles. The zero-order valence-corrected chi connectivity index (χ0v) is 14.1. The standard InChI is InChI=1S/C21H22N2O2/c22-15-18-8-4-5-9-19(18)21(25)23-12-10-17(11-13-23)20(24)14-16-6-2-1-3-7-16/h1-9,17,20,24H,10-14H2/t20-/m1/s1. The van der Waals surface area contributed by atoms with Gasteiger partial charge in [0.15, 0.2) is 0 Å². The number of rotatable bonds is 4.